The molecule has 0 bridgehead atoms. The van der Waals surface area contributed by atoms with Gasteiger partial charge in [-0.2, -0.15) is 0 Å². The summed E-state index contributed by atoms with van der Waals surface area (Å²) in [5.41, 5.74) is 0. The van der Waals surface area contributed by atoms with Gasteiger partial charge in [-0.05, 0) is 25.5 Å². The van der Waals surface area contributed by atoms with Gasteiger partial charge in [-0.25, -0.2) is 5.84 Å². The zero-order valence-electron chi connectivity index (χ0n) is 11.5. The molecule has 0 radical (unpaired) electrons. The van der Waals surface area contributed by atoms with Gasteiger partial charge in [0.25, 0.3) is 0 Å². The summed E-state index contributed by atoms with van der Waals surface area (Å²) in [6.07, 6.45) is 6.81. The number of carbonyl (C=O) groups is 1. The molecule has 1 fully saturated rings. The van der Waals surface area contributed by atoms with E-state index in [9.17, 15) is 4.79 Å². The van der Waals surface area contributed by atoms with Crippen LogP contribution in [-0.4, -0.2) is 47.7 Å². The first kappa shape index (κ1) is 13.9. The van der Waals surface area contributed by atoms with Crippen LogP contribution in [-0.2, 0) is 9.53 Å². The zero-order chi connectivity index (χ0) is 13.8. The highest BCUT2D eigenvalue weighted by Gasteiger charge is 2.32. The van der Waals surface area contributed by atoms with E-state index < -0.39 is 0 Å². The summed E-state index contributed by atoms with van der Waals surface area (Å²) in [6, 6.07) is 0.209. The number of ether oxygens (including phenoxy) is 1. The third-order valence-electron chi connectivity index (χ3n) is 3.35. The van der Waals surface area contributed by atoms with E-state index in [4.69, 9.17) is 10.6 Å². The molecule has 19 heavy (non-hydrogen) atoms. The summed E-state index contributed by atoms with van der Waals surface area (Å²) in [5.74, 6) is 6.79. The lowest BCUT2D eigenvalue weighted by Gasteiger charge is -2.36. The van der Waals surface area contributed by atoms with Crippen molar-refractivity contribution < 1.29 is 9.53 Å². The standard InChI is InChI=1S/C13H22N4O2/c1-3-19-13-6-4-5-12(17(13)14)16-8-7-11(9-16)15-10(2)18/h4-6,11-12H,3,7-9,14H2,1-2H3,(H,15,18). The lowest BCUT2D eigenvalue weighted by molar-refractivity contribution is -0.119. The summed E-state index contributed by atoms with van der Waals surface area (Å²) >= 11 is 0. The van der Waals surface area contributed by atoms with Crippen molar-refractivity contribution in [1.29, 1.82) is 0 Å². The summed E-state index contributed by atoms with van der Waals surface area (Å²) in [7, 11) is 0. The maximum atomic E-state index is 11.1. The highest BCUT2D eigenvalue weighted by Crippen LogP contribution is 2.20. The molecule has 2 unspecified atom stereocenters. The Balaban J connectivity index is 1.95. The number of nitrogens with one attached hydrogen (secondary N) is 1. The van der Waals surface area contributed by atoms with Crippen molar-refractivity contribution in [3.63, 3.8) is 0 Å². The molecule has 0 aromatic heterocycles. The van der Waals surface area contributed by atoms with Crippen LogP contribution in [0.25, 0.3) is 0 Å². The van der Waals surface area contributed by atoms with Gasteiger partial charge in [0.05, 0.1) is 6.61 Å². The lowest BCUT2D eigenvalue weighted by Crippen LogP contribution is -2.51. The van der Waals surface area contributed by atoms with Crippen LogP contribution in [0.4, 0.5) is 0 Å². The Labute approximate surface area is 113 Å². The van der Waals surface area contributed by atoms with E-state index in [0.717, 1.165) is 19.5 Å². The number of nitrogens with zero attached hydrogens (tertiary/aromatic N) is 2. The molecule has 0 aliphatic carbocycles. The van der Waals surface area contributed by atoms with Gasteiger partial charge in [0, 0.05) is 26.1 Å². The number of hydrazine groups is 1. The molecule has 0 saturated carbocycles. The normalized spacial score (nSPS) is 27.3. The third kappa shape index (κ3) is 3.27. The number of likely N-dealkylation sites (tertiary alicyclic amines) is 1. The average molecular weight is 266 g/mol. The second-order valence-electron chi connectivity index (χ2n) is 4.82. The second kappa shape index (κ2) is 6.08. The molecule has 0 aromatic rings. The summed E-state index contributed by atoms with van der Waals surface area (Å²) in [5, 5.41) is 4.59. The monoisotopic (exact) mass is 266 g/mol. The van der Waals surface area contributed by atoms with E-state index in [1.807, 2.05) is 25.2 Å². The summed E-state index contributed by atoms with van der Waals surface area (Å²) in [6.45, 7) is 5.79. The molecule has 1 amide bonds. The minimum Gasteiger partial charge on any atom is -0.478 e. The number of amides is 1. The Morgan fingerprint density at radius 3 is 3.11 bits per heavy atom. The van der Waals surface area contributed by atoms with Crippen molar-refractivity contribution in [3.05, 3.63) is 24.1 Å². The van der Waals surface area contributed by atoms with Crippen LogP contribution in [0, 0.1) is 0 Å². The largest absolute Gasteiger partial charge is 0.478 e. The number of allylic oxidation sites excluding steroid dienone is 2. The van der Waals surface area contributed by atoms with Crippen LogP contribution < -0.4 is 11.2 Å². The molecule has 6 heteroatoms. The summed E-state index contributed by atoms with van der Waals surface area (Å²) < 4.78 is 5.49. The van der Waals surface area contributed by atoms with E-state index in [-0.39, 0.29) is 18.1 Å². The Hall–Kier alpha value is -1.53. The minimum absolute atomic E-state index is 0.00897. The molecule has 1 saturated heterocycles. The van der Waals surface area contributed by atoms with Crippen LogP contribution in [0.2, 0.25) is 0 Å². The molecular formula is C13H22N4O2. The van der Waals surface area contributed by atoms with Gasteiger partial charge in [-0.1, -0.05) is 6.08 Å². The van der Waals surface area contributed by atoms with E-state index in [2.05, 4.69) is 10.2 Å². The molecule has 2 aliphatic heterocycles. The molecule has 3 N–H and O–H groups in total. The van der Waals surface area contributed by atoms with E-state index in [1.54, 1.807) is 11.9 Å². The summed E-state index contributed by atoms with van der Waals surface area (Å²) in [4.78, 5) is 13.3. The van der Waals surface area contributed by atoms with Crippen molar-refractivity contribution in [2.24, 2.45) is 5.84 Å². The minimum atomic E-state index is -0.00897. The Bertz CT molecular complexity index is 394. The molecule has 2 heterocycles. The predicted octanol–water partition coefficient (Wildman–Crippen LogP) is 0.146. The smallest absolute Gasteiger partial charge is 0.217 e. The second-order valence-corrected chi connectivity index (χ2v) is 4.82. The third-order valence-corrected chi connectivity index (χ3v) is 3.35. The van der Waals surface area contributed by atoms with Crippen LogP contribution in [0.1, 0.15) is 20.3 Å². The molecule has 2 rings (SSSR count). The van der Waals surface area contributed by atoms with E-state index in [0.29, 0.717) is 12.5 Å². The van der Waals surface area contributed by atoms with Gasteiger partial charge in [-0.3, -0.25) is 14.7 Å². The van der Waals surface area contributed by atoms with Gasteiger partial charge >= 0.3 is 0 Å². The fourth-order valence-electron chi connectivity index (χ4n) is 2.55. The fraction of sp³-hybridized carbons (Fsp3) is 0.615. The van der Waals surface area contributed by atoms with Crippen LogP contribution in [0.3, 0.4) is 0 Å². The number of carbonyl (C=O) groups excluding carboxylic acids is 1. The molecule has 0 spiro atoms. The molecule has 6 nitrogen and oxygen atoms in total. The zero-order valence-corrected chi connectivity index (χ0v) is 11.5. The number of hydrogen-bond acceptors (Lipinski definition) is 5. The Kier molecular flexibility index (Phi) is 4.44. The molecule has 106 valence electrons. The van der Waals surface area contributed by atoms with Gasteiger partial charge in [0.2, 0.25) is 11.8 Å². The fourth-order valence-corrected chi connectivity index (χ4v) is 2.55. The highest BCUT2D eigenvalue weighted by molar-refractivity contribution is 5.73. The number of rotatable bonds is 4. The molecule has 2 atom stereocenters. The highest BCUT2D eigenvalue weighted by atomic mass is 16.5. The van der Waals surface area contributed by atoms with Gasteiger partial charge < -0.3 is 10.1 Å². The maximum Gasteiger partial charge on any atom is 0.217 e. The number of hydrogen-bond donors (Lipinski definition) is 2. The van der Waals surface area contributed by atoms with Gasteiger partial charge in [-0.15, -0.1) is 0 Å². The van der Waals surface area contributed by atoms with Crippen molar-refractivity contribution in [3.8, 4) is 0 Å². The SMILES string of the molecule is CCOC1=CC=CC(N2CCC(NC(C)=O)C2)N1N. The molecule has 0 aromatic carbocycles. The molecular weight excluding hydrogens is 244 g/mol. The van der Waals surface area contributed by atoms with Crippen molar-refractivity contribution in [2.45, 2.75) is 32.5 Å². The average Bonchev–Trinajstić information content (AvgIpc) is 2.79. The van der Waals surface area contributed by atoms with Crippen LogP contribution in [0.5, 0.6) is 0 Å². The van der Waals surface area contributed by atoms with Gasteiger partial charge in [0.15, 0.2) is 0 Å². The predicted molar refractivity (Wildman–Crippen MR) is 72.5 cm³/mol. The van der Waals surface area contributed by atoms with Crippen molar-refractivity contribution in [2.75, 3.05) is 19.7 Å². The first-order valence-corrected chi connectivity index (χ1v) is 6.68. The quantitative estimate of drug-likeness (QED) is 0.709. The number of nitrogens with two attached hydrogens (primary N) is 1. The van der Waals surface area contributed by atoms with E-state index >= 15 is 0 Å². The maximum absolute atomic E-state index is 11.1. The van der Waals surface area contributed by atoms with Crippen molar-refractivity contribution >= 4 is 5.91 Å². The van der Waals surface area contributed by atoms with Gasteiger partial charge in [0.1, 0.15) is 6.17 Å². The van der Waals surface area contributed by atoms with Crippen LogP contribution >= 0.6 is 0 Å². The first-order valence-electron chi connectivity index (χ1n) is 6.68. The Morgan fingerprint density at radius 1 is 1.63 bits per heavy atom. The molecule has 2 aliphatic rings. The Morgan fingerprint density at radius 2 is 2.42 bits per heavy atom. The lowest BCUT2D eigenvalue weighted by atomic mass is 10.2. The topological polar surface area (TPSA) is 70.8 Å². The van der Waals surface area contributed by atoms with Crippen molar-refractivity contribution in [1.82, 2.24) is 15.2 Å². The first-order chi connectivity index (χ1) is 9.11. The van der Waals surface area contributed by atoms with Crippen LogP contribution in [0.15, 0.2) is 24.1 Å². The van der Waals surface area contributed by atoms with E-state index in [1.165, 1.54) is 0 Å².